The molecule has 0 radical (unpaired) electrons. The third-order valence-electron chi connectivity index (χ3n) is 5.24. The highest BCUT2D eigenvalue weighted by Gasteiger charge is 2.21. The Morgan fingerprint density at radius 3 is 2.69 bits per heavy atom. The number of aryl methyl sites for hydroxylation is 2. The summed E-state index contributed by atoms with van der Waals surface area (Å²) < 4.78 is 1.67. The SMILES string of the molecule is CCCc1nc2sc(C(=O)Nc3ccccc3)c(C)c2c(=O)n1Cc1cccc(C#N)c1. The van der Waals surface area contributed by atoms with Crippen LogP contribution in [0.3, 0.4) is 0 Å². The molecule has 0 aliphatic rings. The fourth-order valence-corrected chi connectivity index (χ4v) is 4.77. The molecule has 0 bridgehead atoms. The Balaban J connectivity index is 1.79. The first kappa shape index (κ1) is 21.5. The average molecular weight is 443 g/mol. The van der Waals surface area contributed by atoms with Gasteiger partial charge >= 0.3 is 0 Å². The van der Waals surface area contributed by atoms with Crippen LogP contribution >= 0.6 is 11.3 Å². The molecule has 4 aromatic rings. The van der Waals surface area contributed by atoms with E-state index in [9.17, 15) is 14.9 Å². The van der Waals surface area contributed by atoms with Gasteiger partial charge in [0.1, 0.15) is 10.7 Å². The van der Waals surface area contributed by atoms with Gasteiger partial charge in [0, 0.05) is 12.1 Å². The van der Waals surface area contributed by atoms with Gasteiger partial charge in [0.05, 0.1) is 28.4 Å². The van der Waals surface area contributed by atoms with Crippen molar-refractivity contribution in [1.82, 2.24) is 9.55 Å². The summed E-state index contributed by atoms with van der Waals surface area (Å²) in [4.78, 5) is 32.3. The number of fused-ring (bicyclic) bond motifs is 1. The minimum absolute atomic E-state index is 0.159. The van der Waals surface area contributed by atoms with E-state index in [2.05, 4.69) is 11.4 Å². The molecule has 2 aromatic heterocycles. The van der Waals surface area contributed by atoms with E-state index in [4.69, 9.17) is 4.98 Å². The van der Waals surface area contributed by atoms with Crippen molar-refractivity contribution in [2.45, 2.75) is 33.2 Å². The minimum Gasteiger partial charge on any atom is -0.321 e. The molecular formula is C25H22N4O2S. The van der Waals surface area contributed by atoms with Gasteiger partial charge in [0.15, 0.2) is 0 Å². The van der Waals surface area contributed by atoms with Gasteiger partial charge in [-0.15, -0.1) is 11.3 Å². The number of hydrogen-bond donors (Lipinski definition) is 1. The lowest BCUT2D eigenvalue weighted by molar-refractivity contribution is 0.103. The second-order valence-corrected chi connectivity index (χ2v) is 8.54. The fraction of sp³-hybridized carbons (Fsp3) is 0.200. The molecule has 160 valence electrons. The monoisotopic (exact) mass is 442 g/mol. The molecule has 4 rings (SSSR count). The van der Waals surface area contributed by atoms with E-state index in [1.165, 1.54) is 11.3 Å². The Morgan fingerprint density at radius 1 is 1.19 bits per heavy atom. The summed E-state index contributed by atoms with van der Waals surface area (Å²) in [5.74, 6) is 0.435. The summed E-state index contributed by atoms with van der Waals surface area (Å²) >= 11 is 1.25. The third kappa shape index (κ3) is 4.18. The van der Waals surface area contributed by atoms with Gasteiger partial charge in [-0.3, -0.25) is 14.2 Å². The lowest BCUT2D eigenvalue weighted by Gasteiger charge is -2.12. The van der Waals surface area contributed by atoms with Gasteiger partial charge in [0.2, 0.25) is 0 Å². The van der Waals surface area contributed by atoms with E-state index in [0.29, 0.717) is 50.7 Å². The Bertz CT molecular complexity index is 1400. The average Bonchev–Trinajstić information content (AvgIpc) is 3.14. The van der Waals surface area contributed by atoms with E-state index in [-0.39, 0.29) is 11.5 Å². The first-order valence-corrected chi connectivity index (χ1v) is 11.2. The number of benzene rings is 2. The highest BCUT2D eigenvalue weighted by atomic mass is 32.1. The molecule has 6 nitrogen and oxygen atoms in total. The van der Waals surface area contributed by atoms with Gasteiger partial charge in [-0.05, 0) is 48.7 Å². The molecule has 1 amide bonds. The van der Waals surface area contributed by atoms with Crippen LogP contribution in [0.4, 0.5) is 5.69 Å². The predicted octanol–water partition coefficient (Wildman–Crippen LogP) is 4.89. The van der Waals surface area contributed by atoms with Crippen molar-refractivity contribution < 1.29 is 4.79 Å². The molecule has 0 spiro atoms. The number of amides is 1. The summed E-state index contributed by atoms with van der Waals surface area (Å²) in [6.07, 6.45) is 1.48. The van der Waals surface area contributed by atoms with E-state index in [1.807, 2.05) is 49.4 Å². The zero-order valence-electron chi connectivity index (χ0n) is 17.9. The first-order chi connectivity index (χ1) is 15.5. The van der Waals surface area contributed by atoms with Crippen LogP contribution in [-0.4, -0.2) is 15.5 Å². The van der Waals surface area contributed by atoms with Crippen LogP contribution in [0.15, 0.2) is 59.4 Å². The van der Waals surface area contributed by atoms with Crippen molar-refractivity contribution >= 4 is 33.1 Å². The molecule has 7 heteroatoms. The molecule has 2 aromatic carbocycles. The number of anilines is 1. The first-order valence-electron chi connectivity index (χ1n) is 10.4. The summed E-state index contributed by atoms with van der Waals surface area (Å²) in [5.41, 5.74) is 2.59. The van der Waals surface area contributed by atoms with E-state index >= 15 is 0 Å². The largest absolute Gasteiger partial charge is 0.321 e. The van der Waals surface area contributed by atoms with Crippen LogP contribution in [0.25, 0.3) is 10.2 Å². The topological polar surface area (TPSA) is 87.8 Å². The van der Waals surface area contributed by atoms with Gasteiger partial charge in [-0.2, -0.15) is 5.26 Å². The number of nitrogens with one attached hydrogen (secondary N) is 1. The summed E-state index contributed by atoms with van der Waals surface area (Å²) in [7, 11) is 0. The van der Waals surface area contributed by atoms with Crippen LogP contribution in [0.5, 0.6) is 0 Å². The molecule has 0 saturated carbocycles. The van der Waals surface area contributed by atoms with Crippen molar-refractivity contribution in [2.75, 3.05) is 5.32 Å². The van der Waals surface area contributed by atoms with Crippen LogP contribution in [0, 0.1) is 18.3 Å². The Morgan fingerprint density at radius 2 is 1.97 bits per heavy atom. The molecule has 2 heterocycles. The maximum Gasteiger partial charge on any atom is 0.266 e. The Hall–Kier alpha value is -3.76. The van der Waals surface area contributed by atoms with Crippen molar-refractivity contribution in [1.29, 1.82) is 5.26 Å². The highest BCUT2D eigenvalue weighted by molar-refractivity contribution is 7.20. The van der Waals surface area contributed by atoms with Gasteiger partial charge in [-0.1, -0.05) is 37.3 Å². The zero-order chi connectivity index (χ0) is 22.7. The maximum atomic E-state index is 13.5. The Labute approximate surface area is 189 Å². The third-order valence-corrected chi connectivity index (χ3v) is 6.42. The number of thiophene rings is 1. The van der Waals surface area contributed by atoms with Crippen molar-refractivity contribution in [3.63, 3.8) is 0 Å². The van der Waals surface area contributed by atoms with Crippen molar-refractivity contribution in [3.05, 3.63) is 92.3 Å². The van der Waals surface area contributed by atoms with E-state index in [0.717, 1.165) is 12.0 Å². The lowest BCUT2D eigenvalue weighted by atomic mass is 10.1. The highest BCUT2D eigenvalue weighted by Crippen LogP contribution is 2.28. The van der Waals surface area contributed by atoms with Gasteiger partial charge in [0.25, 0.3) is 11.5 Å². The summed E-state index contributed by atoms with van der Waals surface area (Å²) in [6, 6.07) is 18.6. The predicted molar refractivity (Wildman–Crippen MR) is 127 cm³/mol. The Kier molecular flexibility index (Phi) is 6.15. The number of carbonyl (C=O) groups excluding carboxylic acids is 1. The molecule has 1 N–H and O–H groups in total. The molecule has 0 aliphatic heterocycles. The molecule has 0 aliphatic carbocycles. The van der Waals surface area contributed by atoms with E-state index < -0.39 is 0 Å². The van der Waals surface area contributed by atoms with Gasteiger partial charge in [-0.25, -0.2) is 4.98 Å². The number of para-hydroxylation sites is 1. The fourth-order valence-electron chi connectivity index (χ4n) is 3.68. The second-order valence-electron chi connectivity index (χ2n) is 7.54. The smallest absolute Gasteiger partial charge is 0.266 e. The summed E-state index contributed by atoms with van der Waals surface area (Å²) in [5, 5.41) is 12.6. The number of rotatable bonds is 6. The number of nitriles is 1. The standard InChI is InChI=1S/C25H22N4O2S/c1-3-8-20-28-24-21(25(31)29(20)15-18-10-7-9-17(13-18)14-26)16(2)22(32-24)23(30)27-19-11-5-4-6-12-19/h4-7,9-13H,3,8,15H2,1-2H3,(H,27,30). The molecular weight excluding hydrogens is 420 g/mol. The van der Waals surface area contributed by atoms with Crippen LogP contribution in [-0.2, 0) is 13.0 Å². The molecule has 0 saturated heterocycles. The molecule has 0 fully saturated rings. The van der Waals surface area contributed by atoms with Crippen LogP contribution in [0.2, 0.25) is 0 Å². The maximum absolute atomic E-state index is 13.5. The van der Waals surface area contributed by atoms with Gasteiger partial charge < -0.3 is 5.32 Å². The summed E-state index contributed by atoms with van der Waals surface area (Å²) in [6.45, 7) is 4.16. The van der Waals surface area contributed by atoms with Crippen LogP contribution < -0.4 is 10.9 Å². The van der Waals surface area contributed by atoms with Crippen molar-refractivity contribution in [2.24, 2.45) is 0 Å². The molecule has 32 heavy (non-hydrogen) atoms. The van der Waals surface area contributed by atoms with E-state index in [1.54, 1.807) is 23.6 Å². The zero-order valence-corrected chi connectivity index (χ0v) is 18.7. The van der Waals surface area contributed by atoms with Crippen LogP contribution in [0.1, 0.15) is 45.5 Å². The lowest BCUT2D eigenvalue weighted by Crippen LogP contribution is -2.26. The minimum atomic E-state index is -0.249. The number of nitrogens with zero attached hydrogens (tertiary/aromatic N) is 3. The van der Waals surface area contributed by atoms with Crippen molar-refractivity contribution in [3.8, 4) is 6.07 Å². The number of hydrogen-bond acceptors (Lipinski definition) is 5. The normalized spacial score (nSPS) is 10.8. The second kappa shape index (κ2) is 9.16. The molecule has 0 atom stereocenters. The molecule has 0 unspecified atom stereocenters. The number of aromatic nitrogens is 2. The quantitative estimate of drug-likeness (QED) is 0.460. The number of carbonyl (C=O) groups is 1.